The second kappa shape index (κ2) is 6.81. The fourth-order valence-electron chi connectivity index (χ4n) is 3.85. The Bertz CT molecular complexity index is 351. The van der Waals surface area contributed by atoms with Crippen LogP contribution in [0.25, 0.3) is 0 Å². The summed E-state index contributed by atoms with van der Waals surface area (Å²) in [4.78, 5) is 4.37. The summed E-state index contributed by atoms with van der Waals surface area (Å²) in [5.41, 5.74) is 0.386. The molecule has 0 aromatic heterocycles. The van der Waals surface area contributed by atoms with Gasteiger partial charge in [-0.25, -0.2) is 0 Å². The smallest absolute Gasteiger partial charge is 0.191 e. The number of rotatable bonds is 4. The summed E-state index contributed by atoms with van der Waals surface area (Å²) in [5.74, 6) is 0.994. The molecule has 0 saturated heterocycles. The van der Waals surface area contributed by atoms with Crippen molar-refractivity contribution in [2.45, 2.75) is 70.1 Å². The van der Waals surface area contributed by atoms with Gasteiger partial charge >= 0.3 is 0 Å². The summed E-state index contributed by atoms with van der Waals surface area (Å²) in [6, 6.07) is 1.21. The van der Waals surface area contributed by atoms with E-state index < -0.39 is 0 Å². The van der Waals surface area contributed by atoms with E-state index in [1.807, 2.05) is 7.05 Å². The van der Waals surface area contributed by atoms with E-state index in [0.29, 0.717) is 23.6 Å². The number of halogens is 1. The average molecular weight is 393 g/mol. The third-order valence-electron chi connectivity index (χ3n) is 5.14. The summed E-state index contributed by atoms with van der Waals surface area (Å²) < 4.78 is 5.95. The van der Waals surface area contributed by atoms with Crippen LogP contribution in [0.4, 0.5) is 0 Å². The molecule has 3 aliphatic rings. The van der Waals surface area contributed by atoms with Crippen molar-refractivity contribution in [2.24, 2.45) is 10.4 Å². The van der Waals surface area contributed by atoms with Gasteiger partial charge in [-0.3, -0.25) is 4.99 Å². The number of aliphatic imine (C=N–C) groups is 1. The van der Waals surface area contributed by atoms with Crippen LogP contribution in [0.1, 0.15) is 51.9 Å². The Labute approximate surface area is 139 Å². The van der Waals surface area contributed by atoms with Crippen LogP contribution >= 0.6 is 24.0 Å². The number of nitrogens with one attached hydrogen (secondary N) is 2. The fraction of sp³-hybridized carbons (Fsp3) is 0.933. The molecule has 0 aromatic rings. The zero-order valence-electron chi connectivity index (χ0n) is 12.7. The molecule has 2 atom stereocenters. The molecular formula is C15H28IN3O. The van der Waals surface area contributed by atoms with Crippen molar-refractivity contribution in [3.8, 4) is 0 Å². The number of hydrogen-bond acceptors (Lipinski definition) is 2. The van der Waals surface area contributed by atoms with Gasteiger partial charge in [0, 0.05) is 31.2 Å². The Kier molecular flexibility index (Phi) is 5.56. The van der Waals surface area contributed by atoms with Gasteiger partial charge in [0.15, 0.2) is 5.96 Å². The Hall–Kier alpha value is -0.0400. The molecule has 20 heavy (non-hydrogen) atoms. The third-order valence-corrected chi connectivity index (χ3v) is 5.14. The highest BCUT2D eigenvalue weighted by atomic mass is 127. The molecule has 1 spiro atoms. The Morgan fingerprint density at radius 1 is 1.25 bits per heavy atom. The normalized spacial score (nSPS) is 31.6. The van der Waals surface area contributed by atoms with E-state index in [1.165, 1.54) is 38.5 Å². The van der Waals surface area contributed by atoms with Gasteiger partial charge < -0.3 is 15.4 Å². The number of hydrogen-bond donors (Lipinski definition) is 2. The minimum Gasteiger partial charge on any atom is -0.378 e. The number of guanidine groups is 1. The SMILES string of the molecule is CCOC1CC(NC(=NC)NC2CC2)C12CCCC2.I. The number of nitrogens with zero attached hydrogens (tertiary/aromatic N) is 1. The van der Waals surface area contributed by atoms with Gasteiger partial charge in [-0.05, 0) is 39.0 Å². The van der Waals surface area contributed by atoms with Gasteiger partial charge in [-0.2, -0.15) is 0 Å². The first kappa shape index (κ1) is 16.3. The van der Waals surface area contributed by atoms with E-state index in [2.05, 4.69) is 22.5 Å². The Morgan fingerprint density at radius 2 is 1.95 bits per heavy atom. The van der Waals surface area contributed by atoms with E-state index in [9.17, 15) is 0 Å². The van der Waals surface area contributed by atoms with Crippen molar-refractivity contribution >= 4 is 29.9 Å². The lowest BCUT2D eigenvalue weighted by atomic mass is 9.60. The topological polar surface area (TPSA) is 45.6 Å². The molecule has 0 aromatic carbocycles. The highest BCUT2D eigenvalue weighted by molar-refractivity contribution is 14.0. The molecule has 4 nitrogen and oxygen atoms in total. The lowest BCUT2D eigenvalue weighted by Crippen LogP contribution is -2.65. The molecule has 0 bridgehead atoms. The molecule has 0 aliphatic heterocycles. The first-order valence-corrected chi connectivity index (χ1v) is 7.90. The Balaban J connectivity index is 0.00000147. The monoisotopic (exact) mass is 393 g/mol. The van der Waals surface area contributed by atoms with Gasteiger partial charge in [0.2, 0.25) is 0 Å². The van der Waals surface area contributed by atoms with E-state index in [-0.39, 0.29) is 24.0 Å². The van der Waals surface area contributed by atoms with Gasteiger partial charge in [0.25, 0.3) is 0 Å². The van der Waals surface area contributed by atoms with Crippen LogP contribution in [-0.4, -0.2) is 37.8 Å². The summed E-state index contributed by atoms with van der Waals surface area (Å²) >= 11 is 0. The maximum atomic E-state index is 5.95. The molecule has 0 amide bonds. The second-order valence-electron chi connectivity index (χ2n) is 6.31. The first-order valence-electron chi connectivity index (χ1n) is 7.90. The van der Waals surface area contributed by atoms with Crippen molar-refractivity contribution in [2.75, 3.05) is 13.7 Å². The lowest BCUT2D eigenvalue weighted by Gasteiger charge is -2.54. The van der Waals surface area contributed by atoms with Crippen LogP contribution < -0.4 is 10.6 Å². The van der Waals surface area contributed by atoms with Gasteiger partial charge in [0.1, 0.15) is 0 Å². The quantitative estimate of drug-likeness (QED) is 0.439. The van der Waals surface area contributed by atoms with E-state index in [0.717, 1.165) is 19.0 Å². The van der Waals surface area contributed by atoms with Crippen molar-refractivity contribution in [3.05, 3.63) is 0 Å². The predicted octanol–water partition coefficient (Wildman–Crippen LogP) is 2.67. The Morgan fingerprint density at radius 3 is 2.50 bits per heavy atom. The van der Waals surface area contributed by atoms with Crippen LogP contribution in [0.2, 0.25) is 0 Å². The van der Waals surface area contributed by atoms with Crippen molar-refractivity contribution in [1.82, 2.24) is 10.6 Å². The molecule has 3 aliphatic carbocycles. The van der Waals surface area contributed by atoms with Crippen LogP contribution in [0.3, 0.4) is 0 Å². The molecule has 3 saturated carbocycles. The molecule has 2 N–H and O–H groups in total. The standard InChI is InChI=1S/C15H27N3O.HI/c1-3-19-13-10-12(15(13)8-4-5-9-15)18-14(16-2)17-11-6-7-11;/h11-13H,3-10H2,1-2H3,(H2,16,17,18);1H. The molecule has 0 radical (unpaired) electrons. The summed E-state index contributed by atoms with van der Waals surface area (Å²) in [6.07, 6.45) is 9.53. The summed E-state index contributed by atoms with van der Waals surface area (Å²) in [6.45, 7) is 2.95. The van der Waals surface area contributed by atoms with Crippen LogP contribution in [0.5, 0.6) is 0 Å². The zero-order chi connectivity index (χ0) is 13.3. The van der Waals surface area contributed by atoms with Crippen LogP contribution in [-0.2, 0) is 4.74 Å². The lowest BCUT2D eigenvalue weighted by molar-refractivity contribution is -0.125. The predicted molar refractivity (Wildman–Crippen MR) is 92.8 cm³/mol. The minimum atomic E-state index is 0. The first-order chi connectivity index (χ1) is 9.28. The third kappa shape index (κ3) is 3.08. The molecule has 3 fully saturated rings. The fourth-order valence-corrected chi connectivity index (χ4v) is 3.85. The van der Waals surface area contributed by atoms with Crippen molar-refractivity contribution < 1.29 is 4.74 Å². The second-order valence-corrected chi connectivity index (χ2v) is 6.31. The molecule has 3 rings (SSSR count). The number of ether oxygens (including phenoxy) is 1. The molecular weight excluding hydrogens is 365 g/mol. The van der Waals surface area contributed by atoms with Crippen LogP contribution in [0.15, 0.2) is 4.99 Å². The van der Waals surface area contributed by atoms with E-state index >= 15 is 0 Å². The minimum absolute atomic E-state index is 0. The highest BCUT2D eigenvalue weighted by Crippen LogP contribution is 2.54. The molecule has 0 heterocycles. The summed E-state index contributed by atoms with van der Waals surface area (Å²) in [7, 11) is 1.87. The maximum absolute atomic E-state index is 5.95. The average Bonchev–Trinajstić information content (AvgIpc) is 3.07. The van der Waals surface area contributed by atoms with Gasteiger partial charge in [-0.1, -0.05) is 12.8 Å². The van der Waals surface area contributed by atoms with Crippen molar-refractivity contribution in [3.63, 3.8) is 0 Å². The van der Waals surface area contributed by atoms with Gasteiger partial charge in [-0.15, -0.1) is 24.0 Å². The molecule has 5 heteroatoms. The van der Waals surface area contributed by atoms with Crippen LogP contribution in [0, 0.1) is 5.41 Å². The largest absolute Gasteiger partial charge is 0.378 e. The van der Waals surface area contributed by atoms with Gasteiger partial charge in [0.05, 0.1) is 6.10 Å². The maximum Gasteiger partial charge on any atom is 0.191 e. The summed E-state index contributed by atoms with van der Waals surface area (Å²) in [5, 5.41) is 7.15. The zero-order valence-corrected chi connectivity index (χ0v) is 15.0. The molecule has 116 valence electrons. The molecule has 2 unspecified atom stereocenters. The van der Waals surface area contributed by atoms with E-state index in [4.69, 9.17) is 4.74 Å². The van der Waals surface area contributed by atoms with Crippen molar-refractivity contribution in [1.29, 1.82) is 0 Å². The van der Waals surface area contributed by atoms with E-state index in [1.54, 1.807) is 0 Å². The highest BCUT2D eigenvalue weighted by Gasteiger charge is 2.57.